The number of aromatic nitrogens is 2. The molecule has 25 heavy (non-hydrogen) atoms. The largest absolute Gasteiger partial charge is 0.319 e. The van der Waals surface area contributed by atoms with Gasteiger partial charge in [-0.2, -0.15) is 0 Å². The summed E-state index contributed by atoms with van der Waals surface area (Å²) in [6.45, 7) is 9.12. The Balaban J connectivity index is 1.99. The zero-order chi connectivity index (χ0) is 17.3. The summed E-state index contributed by atoms with van der Waals surface area (Å²) in [5.41, 5.74) is 6.53. The van der Waals surface area contributed by atoms with Crippen molar-refractivity contribution in [1.82, 2.24) is 4.57 Å². The predicted octanol–water partition coefficient (Wildman–Crippen LogP) is 5.09. The van der Waals surface area contributed by atoms with Crippen LogP contribution >= 0.6 is 0 Å². The lowest BCUT2D eigenvalue weighted by atomic mass is 9.74. The fourth-order valence-electron chi connectivity index (χ4n) is 4.30. The smallest absolute Gasteiger partial charge is 0.244 e. The summed E-state index contributed by atoms with van der Waals surface area (Å²) in [6, 6.07) is 20.4. The van der Waals surface area contributed by atoms with Gasteiger partial charge in [0.05, 0.1) is 22.8 Å². The highest BCUT2D eigenvalue weighted by Gasteiger charge is 2.33. The number of rotatable bonds is 1. The van der Waals surface area contributed by atoms with Crippen LogP contribution in [-0.4, -0.2) is 4.57 Å². The molecule has 4 aromatic rings. The van der Waals surface area contributed by atoms with Crippen LogP contribution in [0.15, 0.2) is 54.6 Å². The first-order valence-corrected chi connectivity index (χ1v) is 9.01. The lowest BCUT2D eigenvalue weighted by Gasteiger charge is -2.35. The topological polar surface area (TPSA) is 8.81 Å². The standard InChI is InChI=1S/C23H22N2/c1-15(2)24-14-25-21-13-17-9-6-5-8-16(17)12-19(21)23(3,4)18-10-7-11-20(24)22(18)25/h5-13,15H,1-4H3. The second-order valence-corrected chi connectivity index (χ2v) is 7.91. The third kappa shape index (κ3) is 1.82. The van der Waals surface area contributed by atoms with Crippen LogP contribution in [0, 0.1) is 6.33 Å². The van der Waals surface area contributed by atoms with Crippen molar-refractivity contribution in [3.8, 4) is 5.69 Å². The summed E-state index contributed by atoms with van der Waals surface area (Å²) >= 11 is 0. The van der Waals surface area contributed by atoms with Crippen LogP contribution in [0.1, 0.15) is 44.9 Å². The maximum Gasteiger partial charge on any atom is 0.244 e. The minimum atomic E-state index is -0.0319. The van der Waals surface area contributed by atoms with Crippen LogP contribution in [0.25, 0.3) is 27.5 Å². The van der Waals surface area contributed by atoms with E-state index in [1.807, 2.05) is 0 Å². The van der Waals surface area contributed by atoms with Crippen molar-refractivity contribution in [3.63, 3.8) is 0 Å². The minimum absolute atomic E-state index is 0.0319. The fraction of sp³-hybridized carbons (Fsp3) is 0.261. The van der Waals surface area contributed by atoms with Gasteiger partial charge in [0, 0.05) is 5.41 Å². The van der Waals surface area contributed by atoms with E-state index in [-0.39, 0.29) is 5.41 Å². The number of fused-ring (bicyclic) bond motifs is 3. The molecule has 0 aliphatic carbocycles. The molecule has 2 heterocycles. The van der Waals surface area contributed by atoms with Gasteiger partial charge in [-0.05, 0) is 41.8 Å². The van der Waals surface area contributed by atoms with Crippen LogP contribution < -0.4 is 4.57 Å². The summed E-state index contributed by atoms with van der Waals surface area (Å²) in [5, 5.41) is 2.58. The molecule has 0 fully saturated rings. The Bertz CT molecular complexity index is 1150. The molecular formula is C23H22N2. The van der Waals surface area contributed by atoms with Crippen LogP contribution in [0.5, 0.6) is 0 Å². The Kier molecular flexibility index (Phi) is 2.78. The Hall–Kier alpha value is -2.61. The predicted molar refractivity (Wildman–Crippen MR) is 102 cm³/mol. The summed E-state index contributed by atoms with van der Waals surface area (Å²) < 4.78 is 4.54. The number of imidazole rings is 1. The van der Waals surface area contributed by atoms with Crippen LogP contribution in [0.3, 0.4) is 0 Å². The normalized spacial score (nSPS) is 15.1. The second-order valence-electron chi connectivity index (χ2n) is 7.91. The van der Waals surface area contributed by atoms with E-state index in [1.54, 1.807) is 0 Å². The Morgan fingerprint density at radius 1 is 0.920 bits per heavy atom. The summed E-state index contributed by atoms with van der Waals surface area (Å²) in [4.78, 5) is 0. The second kappa shape index (κ2) is 4.72. The molecule has 3 aromatic carbocycles. The number of hydrogen-bond acceptors (Lipinski definition) is 0. The average Bonchev–Trinajstić information content (AvgIpc) is 2.99. The molecule has 1 aliphatic heterocycles. The van der Waals surface area contributed by atoms with E-state index in [0.29, 0.717) is 6.04 Å². The van der Waals surface area contributed by atoms with Gasteiger partial charge in [0.25, 0.3) is 0 Å². The van der Waals surface area contributed by atoms with Gasteiger partial charge in [-0.1, -0.05) is 62.4 Å². The zero-order valence-electron chi connectivity index (χ0n) is 15.2. The van der Waals surface area contributed by atoms with E-state index in [2.05, 4.69) is 97.8 Å². The SMILES string of the molecule is CC(C)n1[c-][n+]2c3c(cccc31)C(C)(C)c1cc3ccccc3cc1-2. The van der Waals surface area contributed by atoms with Crippen LogP contribution in [0.2, 0.25) is 0 Å². The van der Waals surface area contributed by atoms with E-state index in [0.717, 1.165) is 0 Å². The number of hydrogen-bond donors (Lipinski definition) is 0. The quantitative estimate of drug-likeness (QED) is 0.340. The Morgan fingerprint density at radius 2 is 1.64 bits per heavy atom. The maximum atomic E-state index is 3.62. The molecule has 0 amide bonds. The van der Waals surface area contributed by atoms with Gasteiger partial charge in [0.1, 0.15) is 0 Å². The Morgan fingerprint density at radius 3 is 2.36 bits per heavy atom. The molecule has 0 atom stereocenters. The zero-order valence-corrected chi connectivity index (χ0v) is 15.2. The first-order chi connectivity index (χ1) is 12.0. The highest BCUT2D eigenvalue weighted by atomic mass is 15.2. The molecule has 0 radical (unpaired) electrons. The molecule has 1 aliphatic rings. The maximum absolute atomic E-state index is 3.62. The minimum Gasteiger partial charge on any atom is -0.319 e. The highest BCUT2D eigenvalue weighted by molar-refractivity contribution is 5.88. The lowest BCUT2D eigenvalue weighted by molar-refractivity contribution is -0.575. The van der Waals surface area contributed by atoms with Crippen molar-refractivity contribution >= 4 is 21.8 Å². The van der Waals surface area contributed by atoms with Crippen LogP contribution in [0.4, 0.5) is 0 Å². The molecule has 0 spiro atoms. The number of nitrogens with zero attached hydrogens (tertiary/aromatic N) is 2. The molecule has 5 rings (SSSR count). The van der Waals surface area contributed by atoms with Crippen molar-refractivity contribution in [2.75, 3.05) is 0 Å². The average molecular weight is 326 g/mol. The van der Waals surface area contributed by atoms with Gasteiger partial charge >= 0.3 is 0 Å². The van der Waals surface area contributed by atoms with Gasteiger partial charge in [0.15, 0.2) is 0 Å². The first-order valence-electron chi connectivity index (χ1n) is 9.01. The monoisotopic (exact) mass is 326 g/mol. The van der Waals surface area contributed by atoms with E-state index >= 15 is 0 Å². The number of benzene rings is 3. The Labute approximate surface area is 148 Å². The van der Waals surface area contributed by atoms with Gasteiger partial charge in [-0.15, -0.1) is 0 Å². The van der Waals surface area contributed by atoms with Gasteiger partial charge in [-0.3, -0.25) is 0 Å². The molecule has 1 aromatic heterocycles. The lowest BCUT2D eigenvalue weighted by Crippen LogP contribution is -2.40. The van der Waals surface area contributed by atoms with Gasteiger partial charge < -0.3 is 9.13 Å². The molecule has 2 heteroatoms. The molecule has 0 saturated carbocycles. The molecule has 2 nitrogen and oxygen atoms in total. The first kappa shape index (κ1) is 14.7. The van der Waals surface area contributed by atoms with Crippen molar-refractivity contribution < 1.29 is 4.57 Å². The van der Waals surface area contributed by atoms with E-state index in [1.165, 1.54) is 38.6 Å². The van der Waals surface area contributed by atoms with Crippen LogP contribution in [-0.2, 0) is 5.41 Å². The summed E-state index contributed by atoms with van der Waals surface area (Å²) in [6.07, 6.45) is 3.62. The number of para-hydroxylation sites is 1. The molecule has 124 valence electrons. The van der Waals surface area contributed by atoms with E-state index < -0.39 is 0 Å². The van der Waals surface area contributed by atoms with Crippen molar-refractivity contribution in [2.24, 2.45) is 0 Å². The molecule has 0 saturated heterocycles. The van der Waals surface area contributed by atoms with E-state index in [9.17, 15) is 0 Å². The third-order valence-corrected chi connectivity index (χ3v) is 5.67. The summed E-state index contributed by atoms with van der Waals surface area (Å²) in [7, 11) is 0. The summed E-state index contributed by atoms with van der Waals surface area (Å²) in [5.74, 6) is 0. The van der Waals surface area contributed by atoms with Crippen molar-refractivity contribution in [1.29, 1.82) is 0 Å². The third-order valence-electron chi connectivity index (χ3n) is 5.67. The molecular weight excluding hydrogens is 304 g/mol. The molecule has 0 N–H and O–H groups in total. The molecule has 0 unspecified atom stereocenters. The van der Waals surface area contributed by atoms with E-state index in [4.69, 9.17) is 0 Å². The van der Waals surface area contributed by atoms with Gasteiger partial charge in [-0.25, -0.2) is 0 Å². The van der Waals surface area contributed by atoms with Crippen molar-refractivity contribution in [2.45, 2.75) is 39.2 Å². The molecule has 0 bridgehead atoms. The van der Waals surface area contributed by atoms with Gasteiger partial charge in [0.2, 0.25) is 6.33 Å². The van der Waals surface area contributed by atoms with Crippen molar-refractivity contribution in [3.05, 3.63) is 72.1 Å². The fourth-order valence-corrected chi connectivity index (χ4v) is 4.30. The highest BCUT2D eigenvalue weighted by Crippen LogP contribution is 2.42.